The average Bonchev–Trinajstić information content (AvgIpc) is 3.17. The summed E-state index contributed by atoms with van der Waals surface area (Å²) in [6.45, 7) is -7.49. The Morgan fingerprint density at radius 3 is 2.86 bits per heavy atom. The number of hydrogen-bond donors (Lipinski definition) is 1. The Hall–Kier alpha value is -2.12. The van der Waals surface area contributed by atoms with Crippen molar-refractivity contribution in [1.29, 1.82) is 0 Å². The number of nitrogens with zero attached hydrogens (tertiary/aromatic N) is 3. The van der Waals surface area contributed by atoms with Crippen LogP contribution in [0.1, 0.15) is 56.6 Å². The van der Waals surface area contributed by atoms with Crippen LogP contribution in [-0.4, -0.2) is 34.0 Å². The number of halogens is 2. The molecule has 0 radical (unpaired) electrons. The van der Waals surface area contributed by atoms with Gasteiger partial charge in [-0.3, -0.25) is 4.90 Å². The zero-order valence-electron chi connectivity index (χ0n) is 25.7. The molecule has 1 fully saturated rings. The normalized spacial score (nSPS) is 25.4. The molecule has 4 rings (SSSR count). The number of nitrogens with one attached hydrogen (secondary N) is 1. The summed E-state index contributed by atoms with van der Waals surface area (Å²) in [6.07, 6.45) is 1.06. The standard InChI is InChI=1S/C21H24F2N4S/c1-13(2)19-10-18-20(24-12-25-21(18)28-19)26-17-3-5-27(6-4-17)11-14-7-15(22)9-16(23)8-14/h7-10,12-13,17H,3-6,11H2,1-2H3,(H,24,25,26)/i1D3,2D3,10D,11D,13D,17D/hD. The van der Waals surface area contributed by atoms with E-state index in [1.54, 1.807) is 4.90 Å². The molecule has 1 unspecified atom stereocenters. The molecule has 4 nitrogen and oxygen atoms in total. The van der Waals surface area contributed by atoms with Crippen LogP contribution in [0.15, 0.2) is 30.6 Å². The lowest BCUT2D eigenvalue weighted by Crippen LogP contribution is -2.38. The van der Waals surface area contributed by atoms with E-state index in [1.165, 1.54) is 0 Å². The van der Waals surface area contributed by atoms with Crippen molar-refractivity contribution in [1.82, 2.24) is 14.9 Å². The second kappa shape index (κ2) is 8.09. The molecule has 0 bridgehead atoms. The quantitative estimate of drug-likeness (QED) is 0.627. The van der Waals surface area contributed by atoms with Crippen LogP contribution in [-0.2, 0) is 6.52 Å². The third kappa shape index (κ3) is 4.31. The predicted molar refractivity (Wildman–Crippen MR) is 110 cm³/mol. The van der Waals surface area contributed by atoms with E-state index in [1.807, 2.05) is 0 Å². The zero-order chi connectivity index (χ0) is 29.1. The summed E-state index contributed by atoms with van der Waals surface area (Å²) in [5, 5.41) is 0.611. The van der Waals surface area contributed by atoms with Gasteiger partial charge in [0, 0.05) is 47.5 Å². The molecule has 1 aliphatic rings. The van der Waals surface area contributed by atoms with Crippen LogP contribution in [0, 0.1) is 11.6 Å². The van der Waals surface area contributed by atoms with E-state index >= 15 is 0 Å². The van der Waals surface area contributed by atoms with Crippen molar-refractivity contribution >= 4 is 27.4 Å². The summed E-state index contributed by atoms with van der Waals surface area (Å²) >= 11 is 0.554. The highest BCUT2D eigenvalue weighted by molar-refractivity contribution is 7.18. The SMILES string of the molecule is [2H]c1c(C([2H])(C([2H])([2H])[2H])C([2H])([2H])[2H])sc2ncnc(N([2H])C3([2H])CCN(C([2H])c4cc(F)cc(F)c4)CC3)c12. The Kier molecular flexibility index (Phi) is 2.91. The van der Waals surface area contributed by atoms with Crippen molar-refractivity contribution in [3.63, 3.8) is 0 Å². The van der Waals surface area contributed by atoms with Crippen LogP contribution >= 0.6 is 11.3 Å². The van der Waals surface area contributed by atoms with Gasteiger partial charge in [-0.1, -0.05) is 13.7 Å². The van der Waals surface area contributed by atoms with Gasteiger partial charge in [0.25, 0.3) is 0 Å². The van der Waals surface area contributed by atoms with Gasteiger partial charge in [0.2, 0.25) is 0 Å². The maximum absolute atomic E-state index is 13.6. The van der Waals surface area contributed by atoms with E-state index in [-0.39, 0.29) is 47.5 Å². The minimum Gasteiger partial charge on any atom is -0.367 e. The molecule has 1 atom stereocenters. The highest BCUT2D eigenvalue weighted by atomic mass is 32.1. The van der Waals surface area contributed by atoms with E-state index in [0.29, 0.717) is 17.4 Å². The van der Waals surface area contributed by atoms with Gasteiger partial charge in [-0.05, 0) is 42.5 Å². The number of likely N-dealkylation sites (tertiary alicyclic amines) is 1. The smallest absolute Gasteiger partial charge is 0.162 e. The fraction of sp³-hybridized carbons (Fsp3) is 0.429. The molecule has 7 heteroatoms. The minimum absolute atomic E-state index is 0.00256. The van der Waals surface area contributed by atoms with Crippen molar-refractivity contribution in [3.8, 4) is 0 Å². The molecule has 148 valence electrons. The number of aromatic nitrogens is 2. The van der Waals surface area contributed by atoms with E-state index in [2.05, 4.69) is 9.97 Å². The summed E-state index contributed by atoms with van der Waals surface area (Å²) in [7, 11) is 0. The monoisotopic (exact) mass is 413 g/mol. The van der Waals surface area contributed by atoms with Gasteiger partial charge in [-0.2, -0.15) is 0 Å². The van der Waals surface area contributed by atoms with E-state index < -0.39 is 54.7 Å². The summed E-state index contributed by atoms with van der Waals surface area (Å²) in [4.78, 5) is 9.09. The number of rotatable bonds is 5. The molecule has 1 saturated heterocycles. The highest BCUT2D eigenvalue weighted by Crippen LogP contribution is 2.33. The molecule has 0 saturated carbocycles. The number of piperidine rings is 1. The second-order valence-electron chi connectivity index (χ2n) is 6.35. The largest absolute Gasteiger partial charge is 0.367 e. The molecule has 3 aromatic rings. The Balaban J connectivity index is 1.66. The number of hydrogen-bond acceptors (Lipinski definition) is 5. The van der Waals surface area contributed by atoms with Crippen LogP contribution < -0.4 is 5.31 Å². The lowest BCUT2D eigenvalue weighted by Gasteiger charge is -2.32. The Bertz CT molecular complexity index is 1340. The third-order valence-electron chi connectivity index (χ3n) is 4.31. The highest BCUT2D eigenvalue weighted by Gasteiger charge is 2.21. The summed E-state index contributed by atoms with van der Waals surface area (Å²) < 4.78 is 117. The molecule has 2 aromatic heterocycles. The van der Waals surface area contributed by atoms with Crippen molar-refractivity contribution in [3.05, 3.63) is 52.6 Å². The van der Waals surface area contributed by atoms with E-state index in [4.69, 9.17) is 15.1 Å². The molecule has 1 aliphatic heterocycles. The van der Waals surface area contributed by atoms with E-state index in [0.717, 1.165) is 23.8 Å². The average molecular weight is 414 g/mol. The Labute approximate surface area is 183 Å². The first-order valence-electron chi connectivity index (χ1n) is 14.1. The molecule has 1 aromatic carbocycles. The predicted octanol–water partition coefficient (Wildman–Crippen LogP) is 5.17. The fourth-order valence-corrected chi connectivity index (χ4v) is 3.81. The second-order valence-corrected chi connectivity index (χ2v) is 7.35. The van der Waals surface area contributed by atoms with Crippen molar-refractivity contribution in [2.45, 2.75) is 45.0 Å². The summed E-state index contributed by atoms with van der Waals surface area (Å²) in [5.74, 6) is -4.97. The van der Waals surface area contributed by atoms with Gasteiger partial charge in [-0.25, -0.2) is 18.7 Å². The molecule has 0 aliphatic carbocycles. The number of thiophene rings is 1. The maximum atomic E-state index is 13.6. The summed E-state index contributed by atoms with van der Waals surface area (Å²) in [5.41, 5.74) is 0.109. The molecule has 3 heterocycles. The number of anilines is 1. The third-order valence-corrected chi connectivity index (χ3v) is 5.33. The zero-order valence-corrected chi connectivity index (χ0v) is 15.5. The van der Waals surface area contributed by atoms with Gasteiger partial charge < -0.3 is 5.31 Å². The topological polar surface area (TPSA) is 41.1 Å². The molecule has 0 spiro atoms. The first-order valence-corrected chi connectivity index (χ1v) is 9.38. The van der Waals surface area contributed by atoms with Crippen molar-refractivity contribution in [2.24, 2.45) is 0 Å². The van der Waals surface area contributed by atoms with Gasteiger partial charge >= 0.3 is 0 Å². The van der Waals surface area contributed by atoms with Gasteiger partial charge in [0.05, 0.1) is 8.13 Å². The molecule has 0 amide bonds. The Morgan fingerprint density at radius 2 is 2.14 bits per heavy atom. The van der Waals surface area contributed by atoms with Crippen molar-refractivity contribution in [2.75, 3.05) is 18.4 Å². The minimum atomic E-state index is -3.32. The van der Waals surface area contributed by atoms with Crippen LogP contribution in [0.4, 0.5) is 14.6 Å². The molecule has 1 N–H and O–H groups in total. The van der Waals surface area contributed by atoms with Crippen LogP contribution in [0.5, 0.6) is 0 Å². The van der Waals surface area contributed by atoms with Crippen LogP contribution in [0.2, 0.25) is 1.41 Å². The fourth-order valence-electron chi connectivity index (χ4n) is 3.01. The van der Waals surface area contributed by atoms with Crippen molar-refractivity contribution < 1.29 is 23.9 Å². The molecular formula is C21H24F2N4S. The van der Waals surface area contributed by atoms with Gasteiger partial charge in [-0.15, -0.1) is 11.3 Å². The number of fused-ring (bicyclic) bond motifs is 1. The molecular weight excluding hydrogens is 378 g/mol. The maximum Gasteiger partial charge on any atom is 0.162 e. The van der Waals surface area contributed by atoms with Gasteiger partial charge in [0.15, 0.2) is 1.41 Å². The lowest BCUT2D eigenvalue weighted by molar-refractivity contribution is 0.211. The van der Waals surface area contributed by atoms with Gasteiger partial charge in [0.1, 0.15) is 28.6 Å². The summed E-state index contributed by atoms with van der Waals surface area (Å²) in [6, 6.07) is 0.606. The number of benzene rings is 1. The first-order chi connectivity index (χ1) is 17.9. The Morgan fingerprint density at radius 1 is 1.39 bits per heavy atom. The van der Waals surface area contributed by atoms with E-state index in [9.17, 15) is 8.78 Å². The lowest BCUT2D eigenvalue weighted by atomic mass is 10.0. The first kappa shape index (κ1) is 10.1. The van der Waals surface area contributed by atoms with Crippen LogP contribution in [0.25, 0.3) is 10.2 Å². The molecule has 28 heavy (non-hydrogen) atoms. The van der Waals surface area contributed by atoms with Crippen LogP contribution in [0.3, 0.4) is 0 Å².